The molecule has 5 heteroatoms. The van der Waals surface area contributed by atoms with Crippen molar-refractivity contribution in [1.82, 2.24) is 0 Å². The number of benzene rings is 1. The number of ether oxygens (including phenoxy) is 1. The lowest BCUT2D eigenvalue weighted by Crippen LogP contribution is -2.32. The third-order valence-electron chi connectivity index (χ3n) is 2.10. The van der Waals surface area contributed by atoms with Crippen molar-refractivity contribution in [2.24, 2.45) is 0 Å². The second-order valence-corrected chi connectivity index (χ2v) is 3.34. The topological polar surface area (TPSA) is 75.7 Å². The molecule has 0 atom stereocenters. The average molecular weight is 209 g/mol. The highest BCUT2D eigenvalue weighted by Crippen LogP contribution is 2.18. The quantitative estimate of drug-likeness (QED) is 0.366. The Kier molecular flexibility index (Phi) is 4.46. The molecule has 0 aliphatic rings. The second-order valence-electron chi connectivity index (χ2n) is 3.34. The molecular formula is C10H16BNO3. The van der Waals surface area contributed by atoms with Crippen LogP contribution in [-0.2, 0) is 0 Å². The summed E-state index contributed by atoms with van der Waals surface area (Å²) in [6, 6.07) is 4.92. The first kappa shape index (κ1) is 11.9. The minimum absolute atomic E-state index is 0.311. The summed E-state index contributed by atoms with van der Waals surface area (Å²) >= 11 is 0. The van der Waals surface area contributed by atoms with Crippen molar-refractivity contribution >= 4 is 18.3 Å². The number of nitrogens with two attached hydrogens (primary N) is 1. The van der Waals surface area contributed by atoms with Crippen LogP contribution in [0.15, 0.2) is 18.2 Å². The van der Waals surface area contributed by atoms with Crippen LogP contribution < -0.4 is 15.9 Å². The second kappa shape index (κ2) is 5.63. The molecule has 1 aromatic rings. The maximum absolute atomic E-state index is 9.11. The summed E-state index contributed by atoms with van der Waals surface area (Å²) in [6.45, 7) is 2.59. The van der Waals surface area contributed by atoms with Crippen LogP contribution in [0.3, 0.4) is 0 Å². The van der Waals surface area contributed by atoms with Gasteiger partial charge >= 0.3 is 7.12 Å². The molecule has 0 spiro atoms. The van der Waals surface area contributed by atoms with E-state index in [1.807, 2.05) is 0 Å². The summed E-state index contributed by atoms with van der Waals surface area (Å²) in [5.41, 5.74) is 6.43. The predicted molar refractivity (Wildman–Crippen MR) is 61.1 cm³/mol. The zero-order valence-electron chi connectivity index (χ0n) is 8.81. The van der Waals surface area contributed by atoms with E-state index in [0.717, 1.165) is 12.8 Å². The minimum Gasteiger partial charge on any atom is -0.492 e. The number of hydrogen-bond donors (Lipinski definition) is 3. The van der Waals surface area contributed by atoms with Crippen LogP contribution >= 0.6 is 0 Å². The minimum atomic E-state index is -1.55. The smallest absolute Gasteiger partial charge is 0.492 e. The molecule has 0 aliphatic heterocycles. The lowest BCUT2D eigenvalue weighted by Gasteiger charge is -2.12. The summed E-state index contributed by atoms with van der Waals surface area (Å²) in [5, 5.41) is 18.2. The van der Waals surface area contributed by atoms with E-state index in [9.17, 15) is 0 Å². The van der Waals surface area contributed by atoms with Gasteiger partial charge in [0, 0.05) is 5.46 Å². The number of unbranched alkanes of at least 4 members (excludes halogenated alkanes) is 1. The molecule has 0 aliphatic carbocycles. The fourth-order valence-corrected chi connectivity index (χ4v) is 1.26. The fourth-order valence-electron chi connectivity index (χ4n) is 1.26. The first-order chi connectivity index (χ1) is 7.16. The number of para-hydroxylation sites is 1. The van der Waals surface area contributed by atoms with Crippen LogP contribution in [0.5, 0.6) is 5.75 Å². The van der Waals surface area contributed by atoms with Crippen molar-refractivity contribution in [2.75, 3.05) is 12.3 Å². The Hall–Kier alpha value is -1.20. The van der Waals surface area contributed by atoms with Crippen molar-refractivity contribution in [3.63, 3.8) is 0 Å². The molecule has 4 N–H and O–H groups in total. The van der Waals surface area contributed by atoms with Crippen LogP contribution in [-0.4, -0.2) is 23.8 Å². The molecule has 15 heavy (non-hydrogen) atoms. The maximum atomic E-state index is 9.11. The highest BCUT2D eigenvalue weighted by atomic mass is 16.5. The van der Waals surface area contributed by atoms with E-state index >= 15 is 0 Å². The summed E-state index contributed by atoms with van der Waals surface area (Å²) < 4.78 is 5.42. The lowest BCUT2D eigenvalue weighted by molar-refractivity contribution is 0.311. The van der Waals surface area contributed by atoms with Crippen LogP contribution in [0.1, 0.15) is 19.8 Å². The summed E-state index contributed by atoms with van der Waals surface area (Å²) in [7, 11) is -1.55. The Labute approximate surface area is 89.8 Å². The highest BCUT2D eigenvalue weighted by Gasteiger charge is 2.18. The zero-order valence-corrected chi connectivity index (χ0v) is 8.81. The van der Waals surface area contributed by atoms with Gasteiger partial charge in [0.05, 0.1) is 12.3 Å². The first-order valence-corrected chi connectivity index (χ1v) is 5.04. The molecule has 0 amide bonds. The van der Waals surface area contributed by atoms with Crippen LogP contribution in [0.2, 0.25) is 0 Å². The Morgan fingerprint density at radius 3 is 2.73 bits per heavy atom. The van der Waals surface area contributed by atoms with Crippen molar-refractivity contribution in [3.8, 4) is 5.75 Å². The Balaban J connectivity index is 2.82. The summed E-state index contributed by atoms with van der Waals surface area (Å²) in [5.74, 6) is 0.376. The SMILES string of the molecule is CCCCOc1c(N)cccc1B(O)O. The molecule has 0 heterocycles. The Bertz CT molecular complexity index is 318. The monoisotopic (exact) mass is 209 g/mol. The van der Waals surface area contributed by atoms with Crippen molar-refractivity contribution in [3.05, 3.63) is 18.2 Å². The van der Waals surface area contributed by atoms with E-state index in [2.05, 4.69) is 6.92 Å². The highest BCUT2D eigenvalue weighted by molar-refractivity contribution is 6.60. The molecule has 0 radical (unpaired) electrons. The largest absolute Gasteiger partial charge is 0.492 e. The van der Waals surface area contributed by atoms with E-state index in [0.29, 0.717) is 23.5 Å². The van der Waals surface area contributed by atoms with Gasteiger partial charge in [-0.05, 0) is 12.5 Å². The van der Waals surface area contributed by atoms with Crippen LogP contribution in [0.4, 0.5) is 5.69 Å². The van der Waals surface area contributed by atoms with Gasteiger partial charge in [-0.1, -0.05) is 25.5 Å². The normalized spacial score (nSPS) is 10.1. The van der Waals surface area contributed by atoms with Gasteiger partial charge < -0.3 is 20.5 Å². The predicted octanol–water partition coefficient (Wildman–Crippen LogP) is 0.127. The summed E-state index contributed by atoms with van der Waals surface area (Å²) in [4.78, 5) is 0. The molecule has 82 valence electrons. The van der Waals surface area contributed by atoms with Crippen molar-refractivity contribution in [2.45, 2.75) is 19.8 Å². The van der Waals surface area contributed by atoms with Gasteiger partial charge in [-0.2, -0.15) is 0 Å². The lowest BCUT2D eigenvalue weighted by atomic mass is 9.79. The number of nitrogen functional groups attached to an aromatic ring is 1. The van der Waals surface area contributed by atoms with Gasteiger partial charge in [-0.15, -0.1) is 0 Å². The molecule has 0 bridgehead atoms. The number of hydrogen-bond acceptors (Lipinski definition) is 4. The van der Waals surface area contributed by atoms with Gasteiger partial charge in [-0.25, -0.2) is 0 Å². The Morgan fingerprint density at radius 1 is 1.40 bits per heavy atom. The van der Waals surface area contributed by atoms with Gasteiger partial charge in [0.15, 0.2) is 0 Å². The van der Waals surface area contributed by atoms with E-state index in [4.69, 9.17) is 20.5 Å². The van der Waals surface area contributed by atoms with Gasteiger partial charge in [0.1, 0.15) is 5.75 Å². The van der Waals surface area contributed by atoms with E-state index in [1.165, 1.54) is 0 Å². The molecule has 0 saturated heterocycles. The van der Waals surface area contributed by atoms with E-state index in [1.54, 1.807) is 18.2 Å². The van der Waals surface area contributed by atoms with Crippen molar-refractivity contribution < 1.29 is 14.8 Å². The third kappa shape index (κ3) is 3.14. The molecule has 0 unspecified atom stereocenters. The number of anilines is 1. The Morgan fingerprint density at radius 2 is 2.13 bits per heavy atom. The zero-order chi connectivity index (χ0) is 11.3. The molecule has 1 rings (SSSR count). The fraction of sp³-hybridized carbons (Fsp3) is 0.400. The van der Waals surface area contributed by atoms with Gasteiger partial charge in [0.2, 0.25) is 0 Å². The molecule has 0 fully saturated rings. The number of rotatable bonds is 5. The van der Waals surface area contributed by atoms with Gasteiger partial charge in [0.25, 0.3) is 0 Å². The first-order valence-electron chi connectivity index (χ1n) is 5.04. The van der Waals surface area contributed by atoms with Crippen LogP contribution in [0, 0.1) is 0 Å². The molecule has 0 aromatic heterocycles. The molecule has 4 nitrogen and oxygen atoms in total. The standard InChI is InChI=1S/C10H16BNO3/c1-2-3-7-15-10-8(11(13)14)5-4-6-9(10)12/h4-6,13-14H,2-3,7,12H2,1H3. The third-order valence-corrected chi connectivity index (χ3v) is 2.10. The van der Waals surface area contributed by atoms with E-state index in [-0.39, 0.29) is 0 Å². The molecular weight excluding hydrogens is 193 g/mol. The average Bonchev–Trinajstić information content (AvgIpc) is 2.20. The maximum Gasteiger partial charge on any atom is 0.492 e. The van der Waals surface area contributed by atoms with Gasteiger partial charge in [-0.3, -0.25) is 0 Å². The molecule has 1 aromatic carbocycles. The molecule has 0 saturated carbocycles. The van der Waals surface area contributed by atoms with Crippen LogP contribution in [0.25, 0.3) is 0 Å². The van der Waals surface area contributed by atoms with E-state index < -0.39 is 7.12 Å². The van der Waals surface area contributed by atoms with Crippen molar-refractivity contribution in [1.29, 1.82) is 0 Å². The summed E-state index contributed by atoms with van der Waals surface area (Å²) in [6.07, 6.45) is 1.93.